The fourth-order valence-corrected chi connectivity index (χ4v) is 3.37. The molecule has 0 saturated heterocycles. The van der Waals surface area contributed by atoms with Crippen LogP contribution in [0.1, 0.15) is 45.4 Å². The van der Waals surface area contributed by atoms with Crippen LogP contribution in [-0.4, -0.2) is 44.7 Å². The van der Waals surface area contributed by atoms with Gasteiger partial charge in [0.15, 0.2) is 0 Å². The molecule has 1 atom stereocenters. The van der Waals surface area contributed by atoms with E-state index >= 15 is 0 Å². The van der Waals surface area contributed by atoms with Crippen LogP contribution in [0.15, 0.2) is 42.7 Å². The molecule has 6 nitrogen and oxygen atoms in total. The second-order valence-corrected chi connectivity index (χ2v) is 7.04. The van der Waals surface area contributed by atoms with Crippen molar-refractivity contribution in [1.82, 2.24) is 31.2 Å². The van der Waals surface area contributed by atoms with Gasteiger partial charge in [0, 0.05) is 23.2 Å². The monoisotopic (exact) mass is 398 g/mol. The van der Waals surface area contributed by atoms with E-state index in [4.69, 9.17) is 4.98 Å². The van der Waals surface area contributed by atoms with E-state index in [0.29, 0.717) is 0 Å². The number of halogens is 1. The molecule has 0 radical (unpaired) electrons. The van der Waals surface area contributed by atoms with E-state index in [0.717, 1.165) is 60.8 Å². The maximum absolute atomic E-state index is 13.2. The van der Waals surface area contributed by atoms with Gasteiger partial charge in [0.05, 0.1) is 17.6 Å². The highest BCUT2D eigenvalue weighted by Gasteiger charge is 2.15. The highest BCUT2D eigenvalue weighted by Crippen LogP contribution is 2.29. The third-order valence-corrected chi connectivity index (χ3v) is 5.17. The van der Waals surface area contributed by atoms with Crippen molar-refractivity contribution in [2.24, 2.45) is 0 Å². The zero-order valence-electron chi connectivity index (χ0n) is 17.5. The summed E-state index contributed by atoms with van der Waals surface area (Å²) in [4.78, 5) is 11.7. The number of aromatic nitrogens is 4. The first-order chi connectivity index (χ1) is 13.6. The smallest absolute Gasteiger partial charge is 0.131 e. The Kier molecular flexibility index (Phi) is 8.42. The summed E-state index contributed by atoms with van der Waals surface area (Å²) in [5, 5.41) is 7.18. The van der Waals surface area contributed by atoms with Gasteiger partial charge in [0.25, 0.3) is 0 Å². The number of rotatable bonds is 9. The number of aromatic amines is 1. The molecule has 0 fully saturated rings. The van der Waals surface area contributed by atoms with Gasteiger partial charge in [-0.3, -0.25) is 5.10 Å². The van der Waals surface area contributed by atoms with Gasteiger partial charge in [-0.1, -0.05) is 20.8 Å². The molecule has 2 aromatic heterocycles. The fraction of sp³-hybridized carbons (Fsp3) is 0.409. The van der Waals surface area contributed by atoms with Crippen LogP contribution in [0.2, 0.25) is 0 Å². The highest BCUT2D eigenvalue weighted by molar-refractivity contribution is 5.78. The standard InChI is InChI=1S/C22H28FN5.H3N/c1-4-28(5-2)14-6-7-16(3)22-24-13-12-20(26-22)19-15-25-27-21(19)17-8-10-18(23)11-9-17;/h8-13,15-16H,4-7,14H2,1-3H3,(H,25,27);1H3. The highest BCUT2D eigenvalue weighted by atomic mass is 19.1. The van der Waals surface area contributed by atoms with Crippen molar-refractivity contribution in [3.05, 3.63) is 54.4 Å². The maximum atomic E-state index is 13.2. The summed E-state index contributed by atoms with van der Waals surface area (Å²) in [5.74, 6) is 0.882. The van der Waals surface area contributed by atoms with Crippen molar-refractivity contribution in [3.8, 4) is 22.5 Å². The Labute approximate surface area is 172 Å². The van der Waals surface area contributed by atoms with Gasteiger partial charge in [0.1, 0.15) is 11.6 Å². The van der Waals surface area contributed by atoms with Crippen molar-refractivity contribution in [1.29, 1.82) is 0 Å². The lowest BCUT2D eigenvalue weighted by Gasteiger charge is -2.19. The molecule has 0 aliphatic rings. The average Bonchev–Trinajstić information content (AvgIpc) is 3.21. The molecular formula is C22H31FN6. The van der Waals surface area contributed by atoms with Crippen molar-refractivity contribution >= 4 is 0 Å². The van der Waals surface area contributed by atoms with Gasteiger partial charge < -0.3 is 11.1 Å². The quantitative estimate of drug-likeness (QED) is 0.525. The minimum atomic E-state index is -0.257. The first-order valence-corrected chi connectivity index (χ1v) is 9.97. The third kappa shape index (κ3) is 5.68. The molecule has 29 heavy (non-hydrogen) atoms. The lowest BCUT2D eigenvalue weighted by molar-refractivity contribution is 0.293. The number of hydrogen-bond acceptors (Lipinski definition) is 5. The van der Waals surface area contributed by atoms with Gasteiger partial charge in [0.2, 0.25) is 0 Å². The Morgan fingerprint density at radius 3 is 2.52 bits per heavy atom. The number of benzene rings is 1. The van der Waals surface area contributed by atoms with E-state index in [1.54, 1.807) is 24.5 Å². The second kappa shape index (κ2) is 10.8. The molecule has 4 N–H and O–H groups in total. The van der Waals surface area contributed by atoms with E-state index in [9.17, 15) is 4.39 Å². The molecule has 1 aromatic carbocycles. The summed E-state index contributed by atoms with van der Waals surface area (Å²) in [6.07, 6.45) is 5.75. The van der Waals surface area contributed by atoms with Crippen LogP contribution in [0.3, 0.4) is 0 Å². The van der Waals surface area contributed by atoms with Crippen LogP contribution in [0.4, 0.5) is 4.39 Å². The summed E-state index contributed by atoms with van der Waals surface area (Å²) in [6.45, 7) is 9.85. The van der Waals surface area contributed by atoms with Gasteiger partial charge >= 0.3 is 0 Å². The zero-order valence-corrected chi connectivity index (χ0v) is 17.5. The summed E-state index contributed by atoms with van der Waals surface area (Å²) in [7, 11) is 0. The predicted octanol–water partition coefficient (Wildman–Crippen LogP) is 5.06. The van der Waals surface area contributed by atoms with Gasteiger partial charge in [-0.15, -0.1) is 0 Å². The Bertz CT molecular complexity index is 873. The van der Waals surface area contributed by atoms with E-state index in [1.165, 1.54) is 12.1 Å². The zero-order chi connectivity index (χ0) is 19.9. The summed E-state index contributed by atoms with van der Waals surface area (Å²) in [6, 6.07) is 8.27. The molecule has 0 bridgehead atoms. The maximum Gasteiger partial charge on any atom is 0.131 e. The molecule has 0 aliphatic heterocycles. The normalized spacial score (nSPS) is 12.0. The Hall–Kier alpha value is -2.64. The predicted molar refractivity (Wildman–Crippen MR) is 115 cm³/mol. The first kappa shape index (κ1) is 22.6. The molecule has 3 rings (SSSR count). The minimum Gasteiger partial charge on any atom is -0.344 e. The van der Waals surface area contributed by atoms with E-state index in [1.807, 2.05) is 6.07 Å². The number of nitrogens with one attached hydrogen (secondary N) is 1. The number of nitrogens with zero attached hydrogens (tertiary/aromatic N) is 4. The van der Waals surface area contributed by atoms with Gasteiger partial charge in [-0.25, -0.2) is 14.4 Å². The minimum absolute atomic E-state index is 0. The molecule has 156 valence electrons. The van der Waals surface area contributed by atoms with Gasteiger partial charge in [-0.05, 0) is 62.8 Å². The van der Waals surface area contributed by atoms with Gasteiger partial charge in [-0.2, -0.15) is 5.10 Å². The molecule has 2 heterocycles. The summed E-state index contributed by atoms with van der Waals surface area (Å²) < 4.78 is 13.2. The number of hydrogen-bond donors (Lipinski definition) is 2. The van der Waals surface area contributed by atoms with Crippen LogP contribution in [0.25, 0.3) is 22.5 Å². The topological polar surface area (TPSA) is 92.7 Å². The first-order valence-electron chi connectivity index (χ1n) is 9.97. The van der Waals surface area contributed by atoms with Crippen LogP contribution < -0.4 is 6.15 Å². The van der Waals surface area contributed by atoms with Crippen LogP contribution in [0.5, 0.6) is 0 Å². The summed E-state index contributed by atoms with van der Waals surface area (Å²) >= 11 is 0. The van der Waals surface area contributed by atoms with Crippen LogP contribution in [0, 0.1) is 5.82 Å². The second-order valence-electron chi connectivity index (χ2n) is 7.04. The van der Waals surface area contributed by atoms with Crippen molar-refractivity contribution in [2.75, 3.05) is 19.6 Å². The van der Waals surface area contributed by atoms with E-state index < -0.39 is 0 Å². The molecule has 3 aromatic rings. The summed E-state index contributed by atoms with van der Waals surface area (Å²) in [5.41, 5.74) is 3.43. The molecule has 0 aliphatic carbocycles. The Balaban J connectivity index is 0.00000300. The molecule has 0 amide bonds. The van der Waals surface area contributed by atoms with E-state index in [-0.39, 0.29) is 17.9 Å². The van der Waals surface area contributed by atoms with Crippen molar-refractivity contribution < 1.29 is 4.39 Å². The average molecular weight is 399 g/mol. The molecule has 1 unspecified atom stereocenters. The molecule has 7 heteroatoms. The SMILES string of the molecule is CCN(CC)CCCC(C)c1nccc(-c2cn[nH]c2-c2ccc(F)cc2)n1.N. The van der Waals surface area contributed by atoms with Crippen LogP contribution in [-0.2, 0) is 0 Å². The lowest BCUT2D eigenvalue weighted by atomic mass is 10.0. The van der Waals surface area contributed by atoms with Crippen LogP contribution >= 0.6 is 0 Å². The molecule has 0 saturated carbocycles. The molecular weight excluding hydrogens is 367 g/mol. The van der Waals surface area contributed by atoms with Crippen molar-refractivity contribution in [3.63, 3.8) is 0 Å². The molecule has 0 spiro atoms. The third-order valence-electron chi connectivity index (χ3n) is 5.17. The lowest BCUT2D eigenvalue weighted by Crippen LogP contribution is -2.24. The Morgan fingerprint density at radius 1 is 1.10 bits per heavy atom. The van der Waals surface area contributed by atoms with E-state index in [2.05, 4.69) is 40.9 Å². The fourth-order valence-electron chi connectivity index (χ4n) is 3.37. The Morgan fingerprint density at radius 2 is 1.83 bits per heavy atom. The van der Waals surface area contributed by atoms with Crippen molar-refractivity contribution in [2.45, 2.75) is 39.5 Å². The number of H-pyrrole nitrogens is 1. The largest absolute Gasteiger partial charge is 0.344 e.